The van der Waals surface area contributed by atoms with Crippen LogP contribution in [-0.4, -0.2) is 64.2 Å². The van der Waals surface area contributed by atoms with E-state index in [9.17, 15) is 14.7 Å². The Kier molecular flexibility index (Phi) is 5.55. The number of nitrogens with zero attached hydrogens (tertiary/aromatic N) is 4. The van der Waals surface area contributed by atoms with Crippen LogP contribution in [0.25, 0.3) is 11.3 Å². The second-order valence-corrected chi connectivity index (χ2v) is 8.70. The maximum Gasteiger partial charge on any atom is 0.407 e. The first-order chi connectivity index (χ1) is 15.6. The van der Waals surface area contributed by atoms with Gasteiger partial charge < -0.3 is 25.5 Å². The van der Waals surface area contributed by atoms with Crippen molar-refractivity contribution in [2.24, 2.45) is 0 Å². The van der Waals surface area contributed by atoms with Crippen LogP contribution >= 0.6 is 0 Å². The molecule has 32 heavy (non-hydrogen) atoms. The molecule has 0 aromatic carbocycles. The number of rotatable bonds is 4. The monoisotopic (exact) mass is 436 g/mol. The number of fused-ring (bicyclic) bond motifs is 1. The molecule has 0 unspecified atom stereocenters. The van der Waals surface area contributed by atoms with Crippen molar-refractivity contribution in [2.75, 3.05) is 36.4 Å². The fraction of sp³-hybridized carbons (Fsp3) is 0.478. The molecule has 3 aliphatic rings. The van der Waals surface area contributed by atoms with E-state index < -0.39 is 6.09 Å². The van der Waals surface area contributed by atoms with Gasteiger partial charge in [0.05, 0.1) is 11.3 Å². The van der Waals surface area contributed by atoms with Crippen LogP contribution in [0.2, 0.25) is 0 Å². The lowest BCUT2D eigenvalue weighted by molar-refractivity contribution is 0.0965. The lowest BCUT2D eigenvalue weighted by Crippen LogP contribution is -2.48. The summed E-state index contributed by atoms with van der Waals surface area (Å²) in [5.41, 5.74) is 3.25. The Labute approximate surface area is 186 Å². The number of hydrogen-bond acceptors (Lipinski definition) is 6. The van der Waals surface area contributed by atoms with Gasteiger partial charge in [-0.25, -0.2) is 14.8 Å². The van der Waals surface area contributed by atoms with Crippen LogP contribution < -0.4 is 15.5 Å². The Morgan fingerprint density at radius 2 is 1.91 bits per heavy atom. The number of anilines is 2. The van der Waals surface area contributed by atoms with Crippen LogP contribution in [0.4, 0.5) is 16.4 Å². The summed E-state index contributed by atoms with van der Waals surface area (Å²) in [6.07, 6.45) is 7.01. The number of nitrogens with one attached hydrogen (secondary N) is 2. The Bertz CT molecular complexity index is 1030. The average molecular weight is 437 g/mol. The second kappa shape index (κ2) is 8.64. The number of aromatic nitrogens is 2. The van der Waals surface area contributed by atoms with Crippen molar-refractivity contribution in [1.82, 2.24) is 20.2 Å². The zero-order valence-corrected chi connectivity index (χ0v) is 18.0. The summed E-state index contributed by atoms with van der Waals surface area (Å²) in [4.78, 5) is 36.6. The molecule has 3 N–H and O–H groups in total. The van der Waals surface area contributed by atoms with Gasteiger partial charge in [0, 0.05) is 56.1 Å². The second-order valence-electron chi connectivity index (χ2n) is 8.70. The molecule has 9 heteroatoms. The van der Waals surface area contributed by atoms with Crippen molar-refractivity contribution in [3.8, 4) is 11.3 Å². The van der Waals surface area contributed by atoms with Crippen LogP contribution in [0.5, 0.6) is 0 Å². The topological polar surface area (TPSA) is 111 Å². The first kappa shape index (κ1) is 20.5. The Hall–Kier alpha value is -3.36. The minimum atomic E-state index is -0.901. The van der Waals surface area contributed by atoms with E-state index in [1.54, 1.807) is 6.20 Å². The van der Waals surface area contributed by atoms with Crippen LogP contribution in [0.15, 0.2) is 24.4 Å². The normalized spacial score (nSPS) is 18.9. The molecule has 2 aliphatic heterocycles. The van der Waals surface area contributed by atoms with Crippen molar-refractivity contribution in [1.29, 1.82) is 0 Å². The number of carbonyl (C=O) groups is 2. The first-order valence-corrected chi connectivity index (χ1v) is 11.4. The van der Waals surface area contributed by atoms with E-state index in [2.05, 4.69) is 20.5 Å². The quantitative estimate of drug-likeness (QED) is 0.676. The van der Waals surface area contributed by atoms with Crippen LogP contribution in [0, 0.1) is 0 Å². The summed E-state index contributed by atoms with van der Waals surface area (Å²) < 4.78 is 0. The third-order valence-corrected chi connectivity index (χ3v) is 6.65. The van der Waals surface area contributed by atoms with Crippen molar-refractivity contribution in [3.05, 3.63) is 35.5 Å². The molecular formula is C23H28N6O3. The van der Waals surface area contributed by atoms with Gasteiger partial charge in [-0.3, -0.25) is 4.79 Å². The van der Waals surface area contributed by atoms with Gasteiger partial charge >= 0.3 is 6.09 Å². The van der Waals surface area contributed by atoms with Gasteiger partial charge in [0.2, 0.25) is 0 Å². The van der Waals surface area contributed by atoms with E-state index in [0.29, 0.717) is 50.1 Å². The summed E-state index contributed by atoms with van der Waals surface area (Å²) in [5, 5.41) is 15.7. The van der Waals surface area contributed by atoms with E-state index in [1.807, 2.05) is 18.2 Å². The number of amides is 2. The molecule has 1 saturated heterocycles. The molecule has 2 aromatic heterocycles. The molecule has 5 rings (SSSR count). The summed E-state index contributed by atoms with van der Waals surface area (Å²) in [6.45, 7) is 2.38. The first-order valence-electron chi connectivity index (χ1n) is 11.4. The maximum atomic E-state index is 12.5. The minimum Gasteiger partial charge on any atom is -0.465 e. The average Bonchev–Trinajstić information content (AvgIpc) is 3.20. The Morgan fingerprint density at radius 1 is 1.12 bits per heavy atom. The number of carbonyl (C=O) groups excluding carboxylic acids is 1. The SMILES string of the molecule is O=C1NCc2c1cc(N1CCN(C(=O)O)CC1)nc2-c1ccnc(NC2CCCCC2)c1. The third-order valence-electron chi connectivity index (χ3n) is 6.65. The fourth-order valence-corrected chi connectivity index (χ4v) is 4.84. The van der Waals surface area contributed by atoms with E-state index >= 15 is 0 Å². The molecule has 1 aliphatic carbocycles. The summed E-state index contributed by atoms with van der Waals surface area (Å²) in [5.74, 6) is 1.45. The van der Waals surface area contributed by atoms with Gasteiger partial charge in [-0.05, 0) is 31.0 Å². The molecular weight excluding hydrogens is 408 g/mol. The smallest absolute Gasteiger partial charge is 0.407 e. The van der Waals surface area contributed by atoms with Crippen molar-refractivity contribution in [2.45, 2.75) is 44.7 Å². The van der Waals surface area contributed by atoms with Gasteiger partial charge in [0.25, 0.3) is 5.91 Å². The molecule has 168 valence electrons. The van der Waals surface area contributed by atoms with Gasteiger partial charge in [0.15, 0.2) is 0 Å². The largest absolute Gasteiger partial charge is 0.465 e. The molecule has 0 atom stereocenters. The Morgan fingerprint density at radius 3 is 2.66 bits per heavy atom. The predicted octanol–water partition coefficient (Wildman–Crippen LogP) is 2.93. The molecule has 0 radical (unpaired) electrons. The van der Waals surface area contributed by atoms with Crippen LogP contribution in [-0.2, 0) is 6.54 Å². The van der Waals surface area contributed by atoms with Crippen LogP contribution in [0.3, 0.4) is 0 Å². The van der Waals surface area contributed by atoms with E-state index in [-0.39, 0.29) is 5.91 Å². The summed E-state index contributed by atoms with van der Waals surface area (Å²) >= 11 is 0. The minimum absolute atomic E-state index is 0.0938. The number of pyridine rings is 2. The Balaban J connectivity index is 1.45. The molecule has 2 fully saturated rings. The highest BCUT2D eigenvalue weighted by Gasteiger charge is 2.28. The van der Waals surface area contributed by atoms with E-state index in [0.717, 1.165) is 35.5 Å². The van der Waals surface area contributed by atoms with Gasteiger partial charge in [-0.2, -0.15) is 0 Å². The summed E-state index contributed by atoms with van der Waals surface area (Å²) in [6, 6.07) is 6.24. The zero-order chi connectivity index (χ0) is 22.1. The van der Waals surface area contributed by atoms with Gasteiger partial charge in [-0.15, -0.1) is 0 Å². The third kappa shape index (κ3) is 4.06. The van der Waals surface area contributed by atoms with Crippen LogP contribution in [0.1, 0.15) is 48.0 Å². The van der Waals surface area contributed by atoms with Crippen molar-refractivity contribution >= 4 is 23.6 Å². The van der Waals surface area contributed by atoms with E-state index in [4.69, 9.17) is 4.98 Å². The van der Waals surface area contributed by atoms with E-state index in [1.165, 1.54) is 24.2 Å². The molecule has 9 nitrogen and oxygen atoms in total. The molecule has 1 saturated carbocycles. The molecule has 2 aromatic rings. The van der Waals surface area contributed by atoms with Crippen molar-refractivity contribution in [3.63, 3.8) is 0 Å². The molecule has 0 spiro atoms. The highest BCUT2D eigenvalue weighted by molar-refractivity contribution is 6.01. The highest BCUT2D eigenvalue weighted by Crippen LogP contribution is 2.32. The molecule has 0 bridgehead atoms. The fourth-order valence-electron chi connectivity index (χ4n) is 4.84. The molecule has 4 heterocycles. The zero-order valence-electron chi connectivity index (χ0n) is 18.0. The maximum absolute atomic E-state index is 12.5. The lowest BCUT2D eigenvalue weighted by atomic mass is 9.95. The molecule has 2 amide bonds. The predicted molar refractivity (Wildman–Crippen MR) is 121 cm³/mol. The number of hydrogen-bond donors (Lipinski definition) is 3. The van der Waals surface area contributed by atoms with Gasteiger partial charge in [-0.1, -0.05) is 19.3 Å². The number of piperazine rings is 1. The standard InChI is InChI=1S/C23H28N6O3/c30-22-17-13-20(28-8-10-29(11-9-28)23(31)32)27-21(18(17)14-25-22)15-6-7-24-19(12-15)26-16-4-2-1-3-5-16/h6-7,12-13,16H,1-5,8-11,14H2,(H,24,26)(H,25,30)(H,31,32). The summed E-state index contributed by atoms with van der Waals surface area (Å²) in [7, 11) is 0. The lowest BCUT2D eigenvalue weighted by Gasteiger charge is -2.34. The number of carboxylic acid groups (broad SMARTS) is 1. The highest BCUT2D eigenvalue weighted by atomic mass is 16.4. The van der Waals surface area contributed by atoms with Crippen molar-refractivity contribution < 1.29 is 14.7 Å². The van der Waals surface area contributed by atoms with Gasteiger partial charge in [0.1, 0.15) is 11.6 Å².